The van der Waals surface area contributed by atoms with Crippen molar-refractivity contribution in [2.24, 2.45) is 0 Å². The quantitative estimate of drug-likeness (QED) is 0.228. The fourth-order valence-corrected chi connectivity index (χ4v) is 7.22. The Morgan fingerprint density at radius 1 is 0.400 bits per heavy atom. The van der Waals surface area contributed by atoms with E-state index in [0.717, 1.165) is 25.7 Å². The Morgan fingerprint density at radius 2 is 1.06 bits per heavy atom. The number of hydrogen-bond donors (Lipinski definition) is 0. The van der Waals surface area contributed by atoms with Crippen LogP contribution in [0.15, 0.2) is 91.0 Å². The zero-order valence-electron chi connectivity index (χ0n) is 19.4. The van der Waals surface area contributed by atoms with E-state index in [4.69, 9.17) is 0 Å². The molecule has 0 radical (unpaired) electrons. The van der Waals surface area contributed by atoms with E-state index in [1.807, 2.05) is 0 Å². The summed E-state index contributed by atoms with van der Waals surface area (Å²) in [4.78, 5) is 2.61. The Kier molecular flexibility index (Phi) is 3.29. The van der Waals surface area contributed by atoms with Gasteiger partial charge >= 0.3 is 0 Å². The normalized spacial score (nSPS) is 14.9. The first-order valence-electron chi connectivity index (χ1n) is 12.7. The number of hydrogen-bond acceptors (Lipinski definition) is 1. The van der Waals surface area contributed by atoms with E-state index in [2.05, 4.69) is 95.9 Å². The van der Waals surface area contributed by atoms with Crippen LogP contribution in [0.5, 0.6) is 0 Å². The van der Waals surface area contributed by atoms with Gasteiger partial charge in [0.15, 0.2) is 0 Å². The molecule has 1 nitrogen and oxygen atoms in total. The molecule has 2 heterocycles. The second kappa shape index (κ2) is 6.31. The summed E-state index contributed by atoms with van der Waals surface area (Å²) in [6.07, 6.45) is 4.12. The third kappa shape index (κ3) is 2.29. The van der Waals surface area contributed by atoms with Crippen LogP contribution in [-0.2, 0) is 25.7 Å². The van der Waals surface area contributed by atoms with Crippen molar-refractivity contribution in [3.8, 4) is 22.3 Å². The molecule has 0 unspecified atom stereocenters. The molecular weight excluding hydrogens is 422 g/mol. The summed E-state index contributed by atoms with van der Waals surface area (Å²) in [5.41, 5.74) is 21.7. The Hall–Kier alpha value is -4.10. The smallest absolute Gasteiger partial charge is 0.0532 e. The van der Waals surface area contributed by atoms with Gasteiger partial charge in [0.05, 0.1) is 17.1 Å². The fraction of sp³-hybridized carbons (Fsp3) is 0.118. The minimum atomic E-state index is 1.01. The molecule has 0 saturated heterocycles. The van der Waals surface area contributed by atoms with Gasteiger partial charge in [-0.25, -0.2) is 0 Å². The van der Waals surface area contributed by atoms with E-state index in [-0.39, 0.29) is 0 Å². The van der Waals surface area contributed by atoms with Crippen LogP contribution < -0.4 is 4.90 Å². The van der Waals surface area contributed by atoms with Crippen LogP contribution in [0, 0.1) is 0 Å². The predicted molar refractivity (Wildman–Crippen MR) is 143 cm³/mol. The van der Waals surface area contributed by atoms with Gasteiger partial charge in [0, 0.05) is 12.8 Å². The highest BCUT2D eigenvalue weighted by Crippen LogP contribution is 2.54. The van der Waals surface area contributed by atoms with Crippen molar-refractivity contribution in [2.45, 2.75) is 25.7 Å². The van der Waals surface area contributed by atoms with Crippen molar-refractivity contribution >= 4 is 17.1 Å². The molecule has 0 atom stereocenters. The molecule has 5 aromatic rings. The molecule has 5 aromatic carbocycles. The minimum absolute atomic E-state index is 1.01. The first-order chi connectivity index (χ1) is 17.3. The first-order valence-corrected chi connectivity index (χ1v) is 12.7. The van der Waals surface area contributed by atoms with Crippen LogP contribution in [-0.4, -0.2) is 0 Å². The summed E-state index contributed by atoms with van der Waals surface area (Å²) in [6, 6.07) is 34.6. The number of anilines is 3. The summed E-state index contributed by atoms with van der Waals surface area (Å²) in [6.45, 7) is 0. The monoisotopic (exact) mass is 445 g/mol. The third-order valence-electron chi connectivity index (χ3n) is 8.73. The maximum atomic E-state index is 2.61. The molecular formula is C34H23N. The number of fused-ring (bicyclic) bond motifs is 11. The largest absolute Gasteiger partial charge is 0.309 e. The molecule has 2 aliphatic carbocycles. The van der Waals surface area contributed by atoms with E-state index in [1.165, 1.54) is 83.8 Å². The Bertz CT molecular complexity index is 1740. The van der Waals surface area contributed by atoms with Gasteiger partial charge in [0.2, 0.25) is 0 Å². The van der Waals surface area contributed by atoms with Gasteiger partial charge in [0.25, 0.3) is 0 Å². The van der Waals surface area contributed by atoms with Crippen molar-refractivity contribution in [2.75, 3.05) is 4.90 Å². The molecule has 2 aliphatic heterocycles. The van der Waals surface area contributed by atoms with Gasteiger partial charge in [-0.2, -0.15) is 0 Å². The van der Waals surface area contributed by atoms with Crippen molar-refractivity contribution in [1.82, 2.24) is 0 Å². The Labute approximate surface area is 205 Å². The molecule has 35 heavy (non-hydrogen) atoms. The molecule has 0 saturated carbocycles. The van der Waals surface area contributed by atoms with Gasteiger partial charge in [-0.05, 0) is 97.8 Å². The van der Waals surface area contributed by atoms with E-state index in [9.17, 15) is 0 Å². The Balaban J connectivity index is 1.29. The number of rotatable bonds is 0. The molecule has 0 bridgehead atoms. The number of benzene rings is 5. The topological polar surface area (TPSA) is 3.24 Å². The zero-order valence-corrected chi connectivity index (χ0v) is 19.4. The average molecular weight is 446 g/mol. The predicted octanol–water partition coefficient (Wildman–Crippen LogP) is 8.11. The van der Waals surface area contributed by atoms with Gasteiger partial charge in [-0.3, -0.25) is 0 Å². The Morgan fingerprint density at radius 3 is 1.91 bits per heavy atom. The number of nitrogens with zero attached hydrogens (tertiary/aromatic N) is 1. The lowest BCUT2D eigenvalue weighted by Gasteiger charge is -2.40. The molecule has 4 aliphatic rings. The van der Waals surface area contributed by atoms with Gasteiger partial charge < -0.3 is 4.90 Å². The van der Waals surface area contributed by atoms with Crippen LogP contribution in [0.1, 0.15) is 44.5 Å². The van der Waals surface area contributed by atoms with Crippen molar-refractivity contribution < 1.29 is 0 Å². The zero-order chi connectivity index (χ0) is 22.7. The summed E-state index contributed by atoms with van der Waals surface area (Å²) < 4.78 is 0. The molecule has 0 spiro atoms. The van der Waals surface area contributed by atoms with E-state index >= 15 is 0 Å². The van der Waals surface area contributed by atoms with Crippen LogP contribution in [0.4, 0.5) is 17.1 Å². The van der Waals surface area contributed by atoms with Crippen LogP contribution in [0.25, 0.3) is 22.3 Å². The second-order valence-electron chi connectivity index (χ2n) is 10.5. The van der Waals surface area contributed by atoms with Crippen LogP contribution >= 0.6 is 0 Å². The van der Waals surface area contributed by atoms with Crippen molar-refractivity contribution in [1.29, 1.82) is 0 Å². The highest BCUT2D eigenvalue weighted by atomic mass is 15.2. The average Bonchev–Trinajstić information content (AvgIpc) is 3.45. The molecule has 164 valence electrons. The highest BCUT2D eigenvalue weighted by Gasteiger charge is 2.35. The number of para-hydroxylation sites is 1. The molecule has 0 aromatic heterocycles. The van der Waals surface area contributed by atoms with E-state index in [1.54, 1.807) is 0 Å². The van der Waals surface area contributed by atoms with Crippen molar-refractivity contribution in [3.63, 3.8) is 0 Å². The summed E-state index contributed by atoms with van der Waals surface area (Å²) >= 11 is 0. The molecule has 0 N–H and O–H groups in total. The third-order valence-corrected chi connectivity index (χ3v) is 8.73. The highest BCUT2D eigenvalue weighted by molar-refractivity contribution is 5.94. The maximum absolute atomic E-state index is 2.61. The van der Waals surface area contributed by atoms with E-state index in [0.29, 0.717) is 0 Å². The molecule has 9 rings (SSSR count). The molecule has 1 heteroatoms. The van der Waals surface area contributed by atoms with E-state index < -0.39 is 0 Å². The lowest BCUT2D eigenvalue weighted by molar-refractivity contribution is 0.995. The van der Waals surface area contributed by atoms with Gasteiger partial charge in [-0.15, -0.1) is 0 Å². The summed E-state index contributed by atoms with van der Waals surface area (Å²) in [7, 11) is 0. The fourth-order valence-electron chi connectivity index (χ4n) is 7.22. The lowest BCUT2D eigenvalue weighted by Crippen LogP contribution is -2.25. The summed E-state index contributed by atoms with van der Waals surface area (Å²) in [5.74, 6) is 0. The second-order valence-corrected chi connectivity index (χ2v) is 10.5. The molecule has 0 amide bonds. The van der Waals surface area contributed by atoms with Crippen LogP contribution in [0.3, 0.4) is 0 Å². The van der Waals surface area contributed by atoms with Gasteiger partial charge in [0.1, 0.15) is 0 Å². The standard InChI is InChI=1S/C34H23N/c1-4-11-27-20(6-1)14-24-19-33-25(18-29(24)27)15-22-8-5-9-23-17-31-30-16-21-7-2-3-10-26(21)28(30)12-13-32(31)35(33)34(22)23/h1-13,18-19H,14-17H2. The van der Waals surface area contributed by atoms with Crippen LogP contribution in [0.2, 0.25) is 0 Å². The van der Waals surface area contributed by atoms with Crippen molar-refractivity contribution in [3.05, 3.63) is 136 Å². The van der Waals surface area contributed by atoms with Gasteiger partial charge in [-0.1, -0.05) is 72.8 Å². The first kappa shape index (κ1) is 18.3. The maximum Gasteiger partial charge on any atom is 0.0532 e. The minimum Gasteiger partial charge on any atom is -0.309 e. The molecule has 0 fully saturated rings. The summed E-state index contributed by atoms with van der Waals surface area (Å²) in [5, 5.41) is 0. The SMILES string of the molecule is c1ccc2c(c1)Cc1cc3c(cc1-2)Cc1cccc2c1N3c1ccc3c(c1C2)Cc1ccccc1-3. The lowest BCUT2D eigenvalue weighted by atomic mass is 9.83.